The van der Waals surface area contributed by atoms with E-state index in [-0.39, 0.29) is 22.9 Å². The van der Waals surface area contributed by atoms with Crippen molar-refractivity contribution in [3.05, 3.63) is 46.2 Å². The van der Waals surface area contributed by atoms with E-state index in [2.05, 4.69) is 5.10 Å². The maximum absolute atomic E-state index is 13.8. The molecule has 0 fully saturated rings. The number of hydrogen-bond donors (Lipinski definition) is 1. The molecule has 0 saturated carbocycles. The van der Waals surface area contributed by atoms with Crippen molar-refractivity contribution < 1.29 is 13.9 Å². The molecule has 1 N–H and O–H groups in total. The quantitative estimate of drug-likeness (QED) is 0.920. The van der Waals surface area contributed by atoms with Crippen molar-refractivity contribution >= 4 is 11.6 Å². The highest BCUT2D eigenvalue weighted by atomic mass is 35.5. The molecular formula is C14H15ClF2N2O. The second kappa shape index (κ2) is 5.14. The van der Waals surface area contributed by atoms with Crippen LogP contribution in [0.1, 0.15) is 32.0 Å². The summed E-state index contributed by atoms with van der Waals surface area (Å²) in [7, 11) is 0. The van der Waals surface area contributed by atoms with Crippen LogP contribution >= 0.6 is 11.6 Å². The van der Waals surface area contributed by atoms with E-state index >= 15 is 0 Å². The highest BCUT2D eigenvalue weighted by molar-refractivity contribution is 6.30. The van der Waals surface area contributed by atoms with Crippen LogP contribution in [0.4, 0.5) is 8.78 Å². The van der Waals surface area contributed by atoms with Crippen LogP contribution in [0.2, 0.25) is 5.15 Å². The van der Waals surface area contributed by atoms with Gasteiger partial charge in [0.05, 0.1) is 12.3 Å². The van der Waals surface area contributed by atoms with Crippen molar-refractivity contribution in [1.29, 1.82) is 0 Å². The molecule has 20 heavy (non-hydrogen) atoms. The fourth-order valence-electron chi connectivity index (χ4n) is 1.99. The van der Waals surface area contributed by atoms with Gasteiger partial charge in [-0.25, -0.2) is 13.5 Å². The van der Waals surface area contributed by atoms with Crippen molar-refractivity contribution in [2.45, 2.75) is 32.8 Å². The standard InChI is InChI=1S/C14H15ClF2N2O/c1-14(2,3)12-9(7-20)13(15)19(18-12)11-5-4-8(16)6-10(11)17/h4-6,20H,7H2,1-3H3. The van der Waals surface area contributed by atoms with Gasteiger partial charge in [-0.15, -0.1) is 0 Å². The maximum atomic E-state index is 13.8. The molecule has 0 aliphatic heterocycles. The molecule has 2 aromatic rings. The number of aromatic nitrogens is 2. The van der Waals surface area contributed by atoms with Gasteiger partial charge in [0, 0.05) is 17.0 Å². The summed E-state index contributed by atoms with van der Waals surface area (Å²) in [5, 5.41) is 13.8. The first-order valence-corrected chi connectivity index (χ1v) is 6.47. The predicted molar refractivity (Wildman–Crippen MR) is 73.1 cm³/mol. The monoisotopic (exact) mass is 300 g/mol. The Morgan fingerprint density at radius 1 is 1.30 bits per heavy atom. The van der Waals surface area contributed by atoms with Crippen LogP contribution in [0.3, 0.4) is 0 Å². The zero-order valence-corrected chi connectivity index (χ0v) is 12.2. The fourth-order valence-corrected chi connectivity index (χ4v) is 2.26. The Kier molecular flexibility index (Phi) is 3.84. The van der Waals surface area contributed by atoms with E-state index in [1.54, 1.807) is 0 Å². The third-order valence-electron chi connectivity index (χ3n) is 2.93. The van der Waals surface area contributed by atoms with Gasteiger partial charge < -0.3 is 5.11 Å². The normalized spacial score (nSPS) is 11.9. The number of hydrogen-bond acceptors (Lipinski definition) is 2. The van der Waals surface area contributed by atoms with E-state index in [9.17, 15) is 13.9 Å². The Balaban J connectivity index is 2.67. The van der Waals surface area contributed by atoms with E-state index in [0.29, 0.717) is 11.3 Å². The van der Waals surface area contributed by atoms with Crippen molar-refractivity contribution in [2.75, 3.05) is 0 Å². The molecule has 0 amide bonds. The Hall–Kier alpha value is -1.46. The highest BCUT2D eigenvalue weighted by Crippen LogP contribution is 2.32. The fraction of sp³-hybridized carbons (Fsp3) is 0.357. The minimum absolute atomic E-state index is 0.0431. The summed E-state index contributed by atoms with van der Waals surface area (Å²) in [6.07, 6.45) is 0. The van der Waals surface area contributed by atoms with Gasteiger partial charge in [-0.2, -0.15) is 5.10 Å². The summed E-state index contributed by atoms with van der Waals surface area (Å²) < 4.78 is 28.0. The molecule has 108 valence electrons. The molecule has 0 atom stereocenters. The average Bonchev–Trinajstić information content (AvgIpc) is 2.66. The molecule has 0 unspecified atom stereocenters. The Morgan fingerprint density at radius 2 is 1.95 bits per heavy atom. The van der Waals surface area contributed by atoms with E-state index in [4.69, 9.17) is 11.6 Å². The summed E-state index contributed by atoms with van der Waals surface area (Å²) in [5.74, 6) is -1.44. The van der Waals surface area contributed by atoms with Crippen LogP contribution < -0.4 is 0 Å². The maximum Gasteiger partial charge on any atom is 0.151 e. The number of rotatable bonds is 2. The second-order valence-electron chi connectivity index (χ2n) is 5.53. The Morgan fingerprint density at radius 3 is 2.40 bits per heavy atom. The van der Waals surface area contributed by atoms with Crippen molar-refractivity contribution in [1.82, 2.24) is 9.78 Å². The molecule has 1 aromatic carbocycles. The Labute approximate surface area is 120 Å². The number of aliphatic hydroxyl groups is 1. The van der Waals surface area contributed by atoms with E-state index in [1.807, 2.05) is 20.8 Å². The minimum Gasteiger partial charge on any atom is -0.391 e. The van der Waals surface area contributed by atoms with Gasteiger partial charge in [-0.1, -0.05) is 32.4 Å². The van der Waals surface area contributed by atoms with Gasteiger partial charge in [-0.3, -0.25) is 0 Å². The molecule has 0 radical (unpaired) electrons. The smallest absolute Gasteiger partial charge is 0.151 e. The van der Waals surface area contributed by atoms with Crippen LogP contribution in [0, 0.1) is 11.6 Å². The summed E-state index contributed by atoms with van der Waals surface area (Å²) in [4.78, 5) is 0. The van der Waals surface area contributed by atoms with Gasteiger partial charge in [0.2, 0.25) is 0 Å². The lowest BCUT2D eigenvalue weighted by Crippen LogP contribution is -2.15. The van der Waals surface area contributed by atoms with E-state index < -0.39 is 11.6 Å². The molecule has 6 heteroatoms. The molecule has 1 heterocycles. The molecule has 1 aromatic heterocycles. The van der Waals surface area contributed by atoms with Crippen LogP contribution in [0.5, 0.6) is 0 Å². The largest absolute Gasteiger partial charge is 0.391 e. The molecule has 0 aliphatic rings. The molecule has 0 aliphatic carbocycles. The Bertz CT molecular complexity index is 647. The summed E-state index contributed by atoms with van der Waals surface area (Å²) >= 11 is 6.16. The second-order valence-corrected chi connectivity index (χ2v) is 5.89. The van der Waals surface area contributed by atoms with Crippen molar-refractivity contribution in [3.63, 3.8) is 0 Å². The lowest BCUT2D eigenvalue weighted by atomic mass is 9.90. The minimum atomic E-state index is -0.764. The summed E-state index contributed by atoms with van der Waals surface area (Å²) in [5.41, 5.74) is 0.710. The summed E-state index contributed by atoms with van der Waals surface area (Å²) in [6.45, 7) is 5.44. The van der Waals surface area contributed by atoms with Crippen LogP contribution in [0.15, 0.2) is 18.2 Å². The lowest BCUT2D eigenvalue weighted by molar-refractivity contribution is 0.278. The van der Waals surface area contributed by atoms with Gasteiger partial charge in [0.1, 0.15) is 16.7 Å². The SMILES string of the molecule is CC(C)(C)c1nn(-c2ccc(F)cc2F)c(Cl)c1CO. The number of aliphatic hydroxyl groups excluding tert-OH is 1. The first-order chi connectivity index (χ1) is 9.25. The van der Waals surface area contributed by atoms with E-state index in [1.165, 1.54) is 10.7 Å². The zero-order valence-electron chi connectivity index (χ0n) is 11.4. The number of nitrogens with zero attached hydrogens (tertiary/aromatic N) is 2. The third-order valence-corrected chi connectivity index (χ3v) is 3.32. The van der Waals surface area contributed by atoms with Gasteiger partial charge in [0.15, 0.2) is 5.82 Å². The molecule has 3 nitrogen and oxygen atoms in total. The van der Waals surface area contributed by atoms with Crippen LogP contribution in [0.25, 0.3) is 5.69 Å². The highest BCUT2D eigenvalue weighted by Gasteiger charge is 2.26. The topological polar surface area (TPSA) is 38.0 Å². The molecule has 2 rings (SSSR count). The van der Waals surface area contributed by atoms with Crippen molar-refractivity contribution in [3.8, 4) is 5.69 Å². The predicted octanol–water partition coefficient (Wildman–Crippen LogP) is 3.59. The first-order valence-electron chi connectivity index (χ1n) is 6.10. The van der Waals surface area contributed by atoms with E-state index in [0.717, 1.165) is 12.1 Å². The van der Waals surface area contributed by atoms with Gasteiger partial charge in [-0.05, 0) is 12.1 Å². The van der Waals surface area contributed by atoms with Crippen molar-refractivity contribution in [2.24, 2.45) is 0 Å². The zero-order chi connectivity index (χ0) is 15.1. The van der Waals surface area contributed by atoms with Gasteiger partial charge >= 0.3 is 0 Å². The molecule has 0 bridgehead atoms. The van der Waals surface area contributed by atoms with Crippen LogP contribution in [-0.4, -0.2) is 14.9 Å². The lowest BCUT2D eigenvalue weighted by Gasteiger charge is -2.16. The number of benzene rings is 1. The molecular weight excluding hydrogens is 286 g/mol. The van der Waals surface area contributed by atoms with Gasteiger partial charge in [0.25, 0.3) is 0 Å². The summed E-state index contributed by atoms with van der Waals surface area (Å²) in [6, 6.07) is 3.16. The molecule has 0 saturated heterocycles. The molecule has 0 spiro atoms. The first kappa shape index (κ1) is 14.9. The van der Waals surface area contributed by atoms with Crippen LogP contribution in [-0.2, 0) is 12.0 Å². The average molecular weight is 301 g/mol. The third kappa shape index (κ3) is 2.55. The number of halogens is 3.